The number of H-pyrrole nitrogens is 1. The van der Waals surface area contributed by atoms with E-state index in [1.54, 1.807) is 6.07 Å². The molecule has 0 aliphatic carbocycles. The monoisotopic (exact) mass is 348 g/mol. The summed E-state index contributed by atoms with van der Waals surface area (Å²) in [6.07, 6.45) is -3.68. The van der Waals surface area contributed by atoms with Crippen LogP contribution in [0.3, 0.4) is 0 Å². The normalized spacial score (nSPS) is 11.7. The van der Waals surface area contributed by atoms with Gasteiger partial charge in [-0.2, -0.15) is 18.3 Å². The van der Waals surface area contributed by atoms with Crippen LogP contribution in [0.25, 0.3) is 11.0 Å². The van der Waals surface area contributed by atoms with Crippen molar-refractivity contribution in [3.05, 3.63) is 53.3 Å². The smallest absolute Gasteiger partial charge is 0.321 e. The van der Waals surface area contributed by atoms with Crippen molar-refractivity contribution in [3.8, 4) is 0 Å². The number of fused-ring (bicyclic) bond motifs is 1. The fourth-order valence-corrected chi connectivity index (χ4v) is 2.40. The predicted molar refractivity (Wildman–Crippen MR) is 87.4 cm³/mol. The van der Waals surface area contributed by atoms with Crippen molar-refractivity contribution in [2.24, 2.45) is 0 Å². The van der Waals surface area contributed by atoms with Crippen LogP contribution in [0.5, 0.6) is 0 Å². The Kier molecular flexibility index (Phi) is 4.43. The first kappa shape index (κ1) is 16.9. The molecular formula is C17H15F3N4O. The fourth-order valence-electron chi connectivity index (χ4n) is 2.40. The maximum Gasteiger partial charge on any atom is 0.389 e. The molecule has 0 spiro atoms. The van der Waals surface area contributed by atoms with Crippen molar-refractivity contribution in [2.75, 3.05) is 5.32 Å². The standard InChI is InChI=1S/C17H15F3N4O/c1-10-14-8-13(9-21-15(14)24-23-10)22-16(25)12-4-2-11(3-5-12)6-7-17(18,19)20/h2-5,8-9H,6-7H2,1H3,(H,22,25)(H,21,23,24). The Morgan fingerprint density at radius 1 is 1.24 bits per heavy atom. The highest BCUT2D eigenvalue weighted by Crippen LogP contribution is 2.22. The molecule has 0 saturated carbocycles. The van der Waals surface area contributed by atoms with E-state index >= 15 is 0 Å². The van der Waals surface area contributed by atoms with Crippen LogP contribution < -0.4 is 5.32 Å². The second-order valence-electron chi connectivity index (χ2n) is 5.71. The van der Waals surface area contributed by atoms with E-state index in [4.69, 9.17) is 0 Å². The van der Waals surface area contributed by atoms with E-state index in [0.717, 1.165) is 11.1 Å². The van der Waals surface area contributed by atoms with E-state index in [-0.39, 0.29) is 12.3 Å². The average molecular weight is 348 g/mol. The summed E-state index contributed by atoms with van der Waals surface area (Å²) >= 11 is 0. The zero-order valence-electron chi connectivity index (χ0n) is 13.3. The van der Waals surface area contributed by atoms with Crippen LogP contribution in [0.4, 0.5) is 18.9 Å². The number of carbonyl (C=O) groups excluding carboxylic acids is 1. The number of hydrogen-bond donors (Lipinski definition) is 2. The Bertz CT molecular complexity index is 900. The minimum atomic E-state index is -4.19. The average Bonchev–Trinajstić information content (AvgIpc) is 2.94. The largest absolute Gasteiger partial charge is 0.389 e. The number of amides is 1. The van der Waals surface area contributed by atoms with Gasteiger partial charge in [0.05, 0.1) is 11.9 Å². The Morgan fingerprint density at radius 2 is 1.96 bits per heavy atom. The molecule has 0 fully saturated rings. The third-order valence-electron chi connectivity index (χ3n) is 3.77. The SMILES string of the molecule is Cc1[nH]nc2ncc(NC(=O)c3ccc(CCC(F)(F)F)cc3)cc12. The summed E-state index contributed by atoms with van der Waals surface area (Å²) < 4.78 is 36.7. The molecule has 0 bridgehead atoms. The molecule has 130 valence electrons. The lowest BCUT2D eigenvalue weighted by Gasteiger charge is -2.08. The van der Waals surface area contributed by atoms with Gasteiger partial charge in [-0.05, 0) is 37.1 Å². The number of rotatable bonds is 4. The molecule has 2 heterocycles. The molecule has 2 aromatic heterocycles. The van der Waals surface area contributed by atoms with Crippen molar-refractivity contribution in [1.29, 1.82) is 0 Å². The van der Waals surface area contributed by atoms with Crippen LogP contribution in [-0.2, 0) is 6.42 Å². The molecule has 1 amide bonds. The van der Waals surface area contributed by atoms with E-state index < -0.39 is 12.6 Å². The summed E-state index contributed by atoms with van der Waals surface area (Å²) in [5, 5.41) is 10.4. The number of aromatic amines is 1. The van der Waals surface area contributed by atoms with Gasteiger partial charge in [-0.25, -0.2) is 4.98 Å². The van der Waals surface area contributed by atoms with E-state index in [2.05, 4.69) is 20.5 Å². The topological polar surface area (TPSA) is 70.7 Å². The number of aromatic nitrogens is 3. The summed E-state index contributed by atoms with van der Waals surface area (Å²) in [5.74, 6) is -0.357. The molecular weight excluding hydrogens is 333 g/mol. The summed E-state index contributed by atoms with van der Waals surface area (Å²) in [5.41, 5.74) is 2.81. The first-order valence-electron chi connectivity index (χ1n) is 7.59. The van der Waals surface area contributed by atoms with Gasteiger partial charge in [0.1, 0.15) is 0 Å². The number of pyridine rings is 1. The molecule has 0 saturated heterocycles. The van der Waals surface area contributed by atoms with Gasteiger partial charge in [0, 0.05) is 23.1 Å². The molecule has 1 aromatic carbocycles. The molecule has 8 heteroatoms. The van der Waals surface area contributed by atoms with Crippen LogP contribution in [0, 0.1) is 6.92 Å². The number of carbonyl (C=O) groups is 1. The van der Waals surface area contributed by atoms with Crippen LogP contribution in [-0.4, -0.2) is 27.3 Å². The molecule has 0 aliphatic rings. The molecule has 25 heavy (non-hydrogen) atoms. The third kappa shape index (κ3) is 4.14. The van der Waals surface area contributed by atoms with E-state index in [1.807, 2.05) is 6.92 Å². The second kappa shape index (κ2) is 6.54. The Hall–Kier alpha value is -2.90. The first-order valence-corrected chi connectivity index (χ1v) is 7.59. The molecule has 0 aliphatic heterocycles. The van der Waals surface area contributed by atoms with Crippen molar-refractivity contribution < 1.29 is 18.0 Å². The molecule has 0 unspecified atom stereocenters. The zero-order chi connectivity index (χ0) is 18.0. The minimum absolute atomic E-state index is 0.105. The van der Waals surface area contributed by atoms with Gasteiger partial charge in [0.2, 0.25) is 0 Å². The summed E-state index contributed by atoms with van der Waals surface area (Å²) in [6, 6.07) is 7.84. The number of benzene rings is 1. The van der Waals surface area contributed by atoms with E-state index in [9.17, 15) is 18.0 Å². The number of alkyl halides is 3. The summed E-state index contributed by atoms with van der Waals surface area (Å²) in [7, 11) is 0. The highest BCUT2D eigenvalue weighted by atomic mass is 19.4. The van der Waals surface area contributed by atoms with Crippen molar-refractivity contribution in [3.63, 3.8) is 0 Å². The van der Waals surface area contributed by atoms with E-state index in [0.29, 0.717) is 22.5 Å². The molecule has 2 N–H and O–H groups in total. The van der Waals surface area contributed by atoms with Crippen molar-refractivity contribution >= 4 is 22.6 Å². The lowest BCUT2D eigenvalue weighted by molar-refractivity contribution is -0.134. The lowest BCUT2D eigenvalue weighted by Crippen LogP contribution is -2.12. The lowest BCUT2D eigenvalue weighted by atomic mass is 10.1. The van der Waals surface area contributed by atoms with Crippen LogP contribution in [0.2, 0.25) is 0 Å². The van der Waals surface area contributed by atoms with Gasteiger partial charge in [0.15, 0.2) is 5.65 Å². The van der Waals surface area contributed by atoms with Gasteiger partial charge in [-0.15, -0.1) is 0 Å². The van der Waals surface area contributed by atoms with Crippen molar-refractivity contribution in [1.82, 2.24) is 15.2 Å². The van der Waals surface area contributed by atoms with Gasteiger partial charge >= 0.3 is 6.18 Å². The number of nitrogens with zero attached hydrogens (tertiary/aromatic N) is 2. The molecule has 0 atom stereocenters. The van der Waals surface area contributed by atoms with Gasteiger partial charge in [-0.3, -0.25) is 9.89 Å². The molecule has 3 aromatic rings. The third-order valence-corrected chi connectivity index (χ3v) is 3.77. The quantitative estimate of drug-likeness (QED) is 0.748. The van der Waals surface area contributed by atoms with Crippen LogP contribution in [0.15, 0.2) is 36.5 Å². The van der Waals surface area contributed by atoms with Gasteiger partial charge in [0.25, 0.3) is 5.91 Å². The second-order valence-corrected chi connectivity index (χ2v) is 5.71. The van der Waals surface area contributed by atoms with Gasteiger partial charge < -0.3 is 5.32 Å². The van der Waals surface area contributed by atoms with Gasteiger partial charge in [-0.1, -0.05) is 12.1 Å². The first-order chi connectivity index (χ1) is 11.8. The van der Waals surface area contributed by atoms with E-state index in [1.165, 1.54) is 30.5 Å². The maximum absolute atomic E-state index is 12.3. The molecule has 0 radical (unpaired) electrons. The number of hydrogen-bond acceptors (Lipinski definition) is 3. The minimum Gasteiger partial charge on any atom is -0.321 e. The van der Waals surface area contributed by atoms with Crippen molar-refractivity contribution in [2.45, 2.75) is 25.9 Å². The number of aryl methyl sites for hydroxylation is 2. The Labute approximate surface area is 141 Å². The Balaban J connectivity index is 1.68. The zero-order valence-corrected chi connectivity index (χ0v) is 13.3. The summed E-state index contributed by atoms with van der Waals surface area (Å²) in [6.45, 7) is 1.85. The number of anilines is 1. The Morgan fingerprint density at radius 3 is 2.64 bits per heavy atom. The van der Waals surface area contributed by atoms with Crippen LogP contribution >= 0.6 is 0 Å². The highest BCUT2D eigenvalue weighted by molar-refractivity contribution is 6.04. The molecule has 5 nitrogen and oxygen atoms in total. The fraction of sp³-hybridized carbons (Fsp3) is 0.235. The highest BCUT2D eigenvalue weighted by Gasteiger charge is 2.26. The number of nitrogens with one attached hydrogen (secondary N) is 2. The molecule has 3 rings (SSSR count). The number of halogens is 3. The maximum atomic E-state index is 12.3. The predicted octanol–water partition coefficient (Wildman–Crippen LogP) is 4.01. The van der Waals surface area contributed by atoms with Crippen LogP contribution in [0.1, 0.15) is 28.0 Å². The summed E-state index contributed by atoms with van der Waals surface area (Å²) in [4.78, 5) is 16.4.